The predicted octanol–water partition coefficient (Wildman–Crippen LogP) is 4.26. The van der Waals surface area contributed by atoms with Crippen molar-refractivity contribution >= 4 is 28.4 Å². The van der Waals surface area contributed by atoms with Gasteiger partial charge in [-0.05, 0) is 25.1 Å². The number of aromatic nitrogens is 4. The number of hydrogen-bond acceptors (Lipinski definition) is 7. The van der Waals surface area contributed by atoms with Crippen molar-refractivity contribution < 1.29 is 9.21 Å². The molecule has 1 aliphatic rings. The van der Waals surface area contributed by atoms with E-state index in [-0.39, 0.29) is 5.91 Å². The van der Waals surface area contributed by atoms with Crippen LogP contribution in [0.2, 0.25) is 0 Å². The van der Waals surface area contributed by atoms with Gasteiger partial charge in [0.05, 0.1) is 6.54 Å². The highest BCUT2D eigenvalue weighted by molar-refractivity contribution is 7.99. The maximum atomic E-state index is 11.8. The fraction of sp³-hybridized carbons (Fsp3) is 0.227. The number of rotatable bonds is 5. The van der Waals surface area contributed by atoms with Crippen molar-refractivity contribution in [1.82, 2.24) is 25.3 Å². The summed E-state index contributed by atoms with van der Waals surface area (Å²) < 4.78 is 5.75. The van der Waals surface area contributed by atoms with Crippen LogP contribution in [0.25, 0.3) is 22.0 Å². The molecule has 8 heteroatoms. The average Bonchev–Trinajstić information content (AvgIpc) is 3.38. The predicted molar refractivity (Wildman–Crippen MR) is 113 cm³/mol. The Kier molecular flexibility index (Phi) is 4.92. The number of nitrogens with zero attached hydrogens (tertiary/aromatic N) is 5. The molecule has 0 radical (unpaired) electrons. The number of likely N-dealkylation sites (tertiary alicyclic amines) is 1. The molecular formula is C22H19N5O2S. The second-order valence-corrected chi connectivity index (χ2v) is 8.19. The summed E-state index contributed by atoms with van der Waals surface area (Å²) in [6.45, 7) is 3.15. The first-order valence-electron chi connectivity index (χ1n) is 9.78. The molecule has 2 aromatic carbocycles. The summed E-state index contributed by atoms with van der Waals surface area (Å²) in [6, 6.07) is 16.3. The average molecular weight is 417 g/mol. The molecule has 1 amide bonds. The van der Waals surface area contributed by atoms with E-state index in [1.54, 1.807) is 4.90 Å². The largest absolute Gasteiger partial charge is 0.414 e. The molecule has 1 aliphatic heterocycles. The fourth-order valence-corrected chi connectivity index (χ4v) is 4.29. The number of aryl methyl sites for hydroxylation is 1. The van der Waals surface area contributed by atoms with Gasteiger partial charge in [-0.25, -0.2) is 0 Å². The number of hydrogen-bond donors (Lipinski definition) is 0. The molecule has 7 nitrogen and oxygen atoms in total. The first-order chi connectivity index (χ1) is 14.7. The molecule has 0 aliphatic carbocycles. The van der Waals surface area contributed by atoms with Crippen LogP contribution in [0.5, 0.6) is 0 Å². The highest BCUT2D eigenvalue weighted by Crippen LogP contribution is 2.34. The summed E-state index contributed by atoms with van der Waals surface area (Å²) in [7, 11) is 0. The van der Waals surface area contributed by atoms with Crippen molar-refractivity contribution in [2.45, 2.75) is 36.6 Å². The Morgan fingerprint density at radius 2 is 1.80 bits per heavy atom. The highest BCUT2D eigenvalue weighted by atomic mass is 32.2. The van der Waals surface area contributed by atoms with E-state index in [0.29, 0.717) is 29.1 Å². The molecule has 4 aromatic rings. The van der Waals surface area contributed by atoms with E-state index in [9.17, 15) is 4.79 Å². The Morgan fingerprint density at radius 3 is 2.57 bits per heavy atom. The quantitative estimate of drug-likeness (QED) is 0.479. The van der Waals surface area contributed by atoms with Crippen LogP contribution in [0.4, 0.5) is 0 Å². The maximum Gasteiger partial charge on any atom is 0.283 e. The zero-order valence-corrected chi connectivity index (χ0v) is 17.2. The number of fused-ring (bicyclic) bond motifs is 1. The Hall–Kier alpha value is -3.26. The molecular weight excluding hydrogens is 398 g/mol. The Morgan fingerprint density at radius 1 is 1.00 bits per heavy atom. The monoisotopic (exact) mass is 417 g/mol. The van der Waals surface area contributed by atoms with E-state index >= 15 is 0 Å². The zero-order valence-electron chi connectivity index (χ0n) is 16.4. The van der Waals surface area contributed by atoms with Crippen LogP contribution in [0.3, 0.4) is 0 Å². The number of carbonyl (C=O) groups excluding carboxylic acids is 1. The van der Waals surface area contributed by atoms with Gasteiger partial charge in [-0.15, -0.1) is 20.4 Å². The lowest BCUT2D eigenvalue weighted by Gasteiger charge is -2.11. The van der Waals surface area contributed by atoms with Crippen molar-refractivity contribution in [3.05, 3.63) is 60.0 Å². The van der Waals surface area contributed by atoms with Gasteiger partial charge in [-0.1, -0.05) is 54.1 Å². The van der Waals surface area contributed by atoms with Gasteiger partial charge in [-0.2, -0.15) is 0 Å². The SMILES string of the molecule is Cc1ccc(-c2nnc(Sc3nnc(CN4CCCC4=O)o3)c3ccccc23)cc1. The van der Waals surface area contributed by atoms with E-state index in [0.717, 1.165) is 35.0 Å². The van der Waals surface area contributed by atoms with Gasteiger partial charge < -0.3 is 9.32 Å². The maximum absolute atomic E-state index is 11.8. The molecule has 0 saturated carbocycles. The zero-order chi connectivity index (χ0) is 20.5. The first kappa shape index (κ1) is 18.7. The molecule has 0 N–H and O–H groups in total. The third-order valence-electron chi connectivity index (χ3n) is 5.11. The minimum absolute atomic E-state index is 0.131. The van der Waals surface area contributed by atoms with Crippen LogP contribution in [0.1, 0.15) is 24.3 Å². The van der Waals surface area contributed by atoms with Gasteiger partial charge in [0, 0.05) is 29.3 Å². The molecule has 3 heterocycles. The molecule has 0 unspecified atom stereocenters. The number of benzene rings is 2. The van der Waals surface area contributed by atoms with Crippen molar-refractivity contribution in [1.29, 1.82) is 0 Å². The Labute approximate surface area is 177 Å². The van der Waals surface area contributed by atoms with Crippen LogP contribution in [0, 0.1) is 6.92 Å². The lowest BCUT2D eigenvalue weighted by molar-refractivity contribution is -0.128. The second-order valence-electron chi connectivity index (χ2n) is 7.25. The molecule has 1 fully saturated rings. The van der Waals surface area contributed by atoms with E-state index in [2.05, 4.69) is 51.6 Å². The van der Waals surface area contributed by atoms with Crippen molar-refractivity contribution in [2.75, 3.05) is 6.54 Å². The topological polar surface area (TPSA) is 85.0 Å². The minimum Gasteiger partial charge on any atom is -0.414 e. The summed E-state index contributed by atoms with van der Waals surface area (Å²) in [5, 5.41) is 20.2. The molecule has 2 aromatic heterocycles. The molecule has 30 heavy (non-hydrogen) atoms. The molecule has 150 valence electrons. The fourth-order valence-electron chi connectivity index (χ4n) is 3.54. The van der Waals surface area contributed by atoms with Crippen molar-refractivity contribution in [3.8, 4) is 11.3 Å². The van der Waals surface area contributed by atoms with Gasteiger partial charge in [0.2, 0.25) is 11.8 Å². The molecule has 0 spiro atoms. The molecule has 5 rings (SSSR count). The minimum atomic E-state index is 0.131. The van der Waals surface area contributed by atoms with Crippen molar-refractivity contribution in [2.24, 2.45) is 0 Å². The standard InChI is InChI=1S/C22H19N5O2S/c1-14-8-10-15(11-9-14)20-16-5-2-3-6-17(16)21(25-24-20)30-22-26-23-18(29-22)13-27-12-4-7-19(27)28/h2-3,5-6,8-11H,4,7,12-13H2,1H3. The van der Waals surface area contributed by atoms with Gasteiger partial charge in [0.15, 0.2) is 0 Å². The smallest absolute Gasteiger partial charge is 0.283 e. The van der Waals surface area contributed by atoms with Crippen LogP contribution >= 0.6 is 11.8 Å². The van der Waals surface area contributed by atoms with Crippen molar-refractivity contribution in [3.63, 3.8) is 0 Å². The van der Waals surface area contributed by atoms with Gasteiger partial charge in [0.25, 0.3) is 5.22 Å². The van der Waals surface area contributed by atoms with Crippen LogP contribution in [-0.2, 0) is 11.3 Å². The lowest BCUT2D eigenvalue weighted by atomic mass is 10.0. The number of carbonyl (C=O) groups is 1. The normalized spacial score (nSPS) is 14.0. The molecule has 0 atom stereocenters. The van der Waals surface area contributed by atoms with E-state index < -0.39 is 0 Å². The van der Waals surface area contributed by atoms with E-state index in [1.807, 2.05) is 24.3 Å². The van der Waals surface area contributed by atoms with Crippen LogP contribution in [-0.4, -0.2) is 37.7 Å². The summed E-state index contributed by atoms with van der Waals surface area (Å²) in [5.74, 6) is 0.562. The Balaban J connectivity index is 1.44. The third kappa shape index (κ3) is 3.66. The molecule has 0 bridgehead atoms. The second kappa shape index (κ2) is 7.87. The van der Waals surface area contributed by atoms with Gasteiger partial charge in [-0.3, -0.25) is 4.79 Å². The summed E-state index contributed by atoms with van der Waals surface area (Å²) >= 11 is 1.29. The lowest BCUT2D eigenvalue weighted by Crippen LogP contribution is -2.23. The Bertz CT molecular complexity index is 1220. The summed E-state index contributed by atoms with van der Waals surface area (Å²) in [4.78, 5) is 13.5. The van der Waals surface area contributed by atoms with Crippen LogP contribution in [0.15, 0.2) is 63.2 Å². The summed E-state index contributed by atoms with van der Waals surface area (Å²) in [5.41, 5.74) is 3.07. The first-order valence-corrected chi connectivity index (χ1v) is 10.6. The number of amides is 1. The van der Waals surface area contributed by atoms with E-state index in [4.69, 9.17) is 4.42 Å². The van der Waals surface area contributed by atoms with Crippen LogP contribution < -0.4 is 0 Å². The van der Waals surface area contributed by atoms with E-state index in [1.165, 1.54) is 17.3 Å². The highest BCUT2D eigenvalue weighted by Gasteiger charge is 2.23. The molecule has 1 saturated heterocycles. The van der Waals surface area contributed by atoms with Gasteiger partial charge in [0.1, 0.15) is 10.7 Å². The third-order valence-corrected chi connectivity index (χ3v) is 5.94. The van der Waals surface area contributed by atoms with Gasteiger partial charge >= 0.3 is 0 Å². The summed E-state index contributed by atoms with van der Waals surface area (Å²) in [6.07, 6.45) is 1.47.